The number of aromatic hydroxyl groups is 1. The van der Waals surface area contributed by atoms with Gasteiger partial charge in [0.25, 0.3) is 0 Å². The van der Waals surface area contributed by atoms with Gasteiger partial charge in [-0.1, -0.05) is 21.3 Å². The molecule has 5 nitrogen and oxygen atoms in total. The number of hydrogen-bond acceptors (Lipinski definition) is 4. The first-order valence-corrected chi connectivity index (χ1v) is 6.44. The van der Waals surface area contributed by atoms with Gasteiger partial charge in [-0.3, -0.25) is 4.79 Å². The van der Waals surface area contributed by atoms with E-state index in [1.807, 2.05) is 34.6 Å². The number of hydrogen-bond donors (Lipinski definition) is 3. The second-order valence-electron chi connectivity index (χ2n) is 5.91. The lowest BCUT2D eigenvalue weighted by Gasteiger charge is -2.20. The minimum atomic E-state index is -0.105. The highest BCUT2D eigenvalue weighted by Crippen LogP contribution is 2.18. The molecule has 0 saturated carbocycles. The molecule has 5 heteroatoms. The highest BCUT2D eigenvalue weighted by molar-refractivity contribution is 5.91. The van der Waals surface area contributed by atoms with Crippen molar-refractivity contribution in [1.29, 1.82) is 0 Å². The second-order valence-corrected chi connectivity index (χ2v) is 5.91. The highest BCUT2D eigenvalue weighted by Gasteiger charge is 2.13. The summed E-state index contributed by atoms with van der Waals surface area (Å²) in [6, 6.07) is 3.14. The zero-order chi connectivity index (χ0) is 14.6. The molecule has 1 heterocycles. The van der Waals surface area contributed by atoms with Gasteiger partial charge in [0, 0.05) is 18.0 Å². The van der Waals surface area contributed by atoms with Gasteiger partial charge in [0.05, 0.1) is 5.69 Å². The molecule has 1 aromatic heterocycles. The molecule has 1 amide bonds. The zero-order valence-electron chi connectivity index (χ0n) is 12.2. The summed E-state index contributed by atoms with van der Waals surface area (Å²) in [5.74, 6) is 0.390. The van der Waals surface area contributed by atoms with Crippen molar-refractivity contribution in [2.75, 3.05) is 5.32 Å². The van der Waals surface area contributed by atoms with E-state index in [9.17, 15) is 9.90 Å². The van der Waals surface area contributed by atoms with Gasteiger partial charge in [-0.15, -0.1) is 0 Å². The van der Waals surface area contributed by atoms with Crippen molar-refractivity contribution in [3.8, 4) is 5.75 Å². The van der Waals surface area contributed by atoms with Crippen LogP contribution < -0.4 is 10.6 Å². The molecular formula is C15H27N3O2. The van der Waals surface area contributed by atoms with Crippen molar-refractivity contribution in [2.45, 2.75) is 54.1 Å². The molecule has 0 spiro atoms. The van der Waals surface area contributed by atoms with Gasteiger partial charge in [0.1, 0.15) is 11.6 Å². The van der Waals surface area contributed by atoms with Gasteiger partial charge in [-0.25, -0.2) is 4.98 Å². The van der Waals surface area contributed by atoms with E-state index < -0.39 is 0 Å². The third-order valence-electron chi connectivity index (χ3n) is 2.51. The highest BCUT2D eigenvalue weighted by atomic mass is 16.3. The average Bonchev–Trinajstić information content (AvgIpc) is 2.28. The number of pyridine rings is 1. The summed E-state index contributed by atoms with van der Waals surface area (Å²) >= 11 is 0. The van der Waals surface area contributed by atoms with Crippen LogP contribution in [0.15, 0.2) is 12.1 Å². The Morgan fingerprint density at radius 3 is 2.45 bits per heavy atom. The molecule has 1 rings (SSSR count). The van der Waals surface area contributed by atoms with Crippen LogP contribution in [0.4, 0.5) is 5.82 Å². The Kier molecular flexibility index (Phi) is 6.65. The lowest BCUT2D eigenvalue weighted by atomic mass is 10.1. The van der Waals surface area contributed by atoms with Gasteiger partial charge in [0.15, 0.2) is 0 Å². The summed E-state index contributed by atoms with van der Waals surface area (Å²) in [7, 11) is 0. The SMILES string of the molecule is C.CC(C)C(=O)Nc1ccc(O)c(CNC(C)(C)C)n1. The molecule has 0 aliphatic rings. The Bertz CT molecular complexity index is 451. The van der Waals surface area contributed by atoms with Crippen molar-refractivity contribution >= 4 is 11.7 Å². The van der Waals surface area contributed by atoms with Crippen molar-refractivity contribution in [3.05, 3.63) is 17.8 Å². The number of carbonyl (C=O) groups excluding carboxylic acids is 1. The van der Waals surface area contributed by atoms with Crippen molar-refractivity contribution < 1.29 is 9.90 Å². The fourth-order valence-corrected chi connectivity index (χ4v) is 1.31. The molecule has 0 aliphatic heterocycles. The van der Waals surface area contributed by atoms with E-state index in [1.54, 1.807) is 12.1 Å². The van der Waals surface area contributed by atoms with Crippen LogP contribution in [0.1, 0.15) is 47.7 Å². The molecule has 0 aliphatic carbocycles. The Morgan fingerprint density at radius 2 is 1.95 bits per heavy atom. The normalized spacial score (nSPS) is 11.1. The van der Waals surface area contributed by atoms with Crippen molar-refractivity contribution in [2.24, 2.45) is 5.92 Å². The standard InChI is InChI=1S/C14H23N3O2.CH4/c1-9(2)13(19)17-12-7-6-11(18)10(16-12)8-15-14(3,4)5;/h6-7,9,15,18H,8H2,1-5H3,(H,16,17,19);1H4. The number of nitrogens with zero attached hydrogens (tertiary/aromatic N) is 1. The van der Waals surface area contributed by atoms with E-state index in [0.29, 0.717) is 18.1 Å². The molecule has 0 saturated heterocycles. The van der Waals surface area contributed by atoms with Crippen LogP contribution in [-0.2, 0) is 11.3 Å². The van der Waals surface area contributed by atoms with Crippen LogP contribution in [0, 0.1) is 5.92 Å². The van der Waals surface area contributed by atoms with E-state index in [2.05, 4.69) is 15.6 Å². The predicted molar refractivity (Wildman–Crippen MR) is 82.7 cm³/mol. The van der Waals surface area contributed by atoms with Gasteiger partial charge in [-0.05, 0) is 32.9 Å². The Labute approximate surface area is 121 Å². The molecule has 1 aromatic rings. The number of nitrogens with one attached hydrogen (secondary N) is 2. The molecular weight excluding hydrogens is 254 g/mol. The van der Waals surface area contributed by atoms with Gasteiger partial charge in [0.2, 0.25) is 5.91 Å². The lowest BCUT2D eigenvalue weighted by Crippen LogP contribution is -2.35. The van der Waals surface area contributed by atoms with E-state index >= 15 is 0 Å². The topological polar surface area (TPSA) is 74.2 Å². The molecule has 20 heavy (non-hydrogen) atoms. The van der Waals surface area contributed by atoms with Crippen LogP contribution >= 0.6 is 0 Å². The second kappa shape index (κ2) is 7.24. The molecule has 0 atom stereocenters. The summed E-state index contributed by atoms with van der Waals surface area (Å²) in [4.78, 5) is 15.8. The third kappa shape index (κ3) is 6.02. The van der Waals surface area contributed by atoms with E-state index in [1.165, 1.54) is 0 Å². The first-order valence-electron chi connectivity index (χ1n) is 6.44. The molecule has 0 radical (unpaired) electrons. The summed E-state index contributed by atoms with van der Waals surface area (Å²) in [6.07, 6.45) is 0. The third-order valence-corrected chi connectivity index (χ3v) is 2.51. The zero-order valence-corrected chi connectivity index (χ0v) is 12.2. The van der Waals surface area contributed by atoms with Crippen molar-refractivity contribution in [3.63, 3.8) is 0 Å². The van der Waals surface area contributed by atoms with Crippen LogP contribution in [0.3, 0.4) is 0 Å². The minimum absolute atomic E-state index is 0. The van der Waals surface area contributed by atoms with Crippen molar-refractivity contribution in [1.82, 2.24) is 10.3 Å². The average molecular weight is 281 g/mol. The Balaban J connectivity index is 0.00000361. The number of anilines is 1. The summed E-state index contributed by atoms with van der Waals surface area (Å²) < 4.78 is 0. The summed E-state index contributed by atoms with van der Waals surface area (Å²) in [5.41, 5.74) is 0.460. The van der Waals surface area contributed by atoms with E-state index in [0.717, 1.165) is 0 Å². The maximum Gasteiger partial charge on any atom is 0.228 e. The van der Waals surface area contributed by atoms with Gasteiger partial charge < -0.3 is 15.7 Å². The number of rotatable bonds is 4. The van der Waals surface area contributed by atoms with E-state index in [4.69, 9.17) is 0 Å². The molecule has 3 N–H and O–H groups in total. The maximum absolute atomic E-state index is 11.6. The molecule has 114 valence electrons. The molecule has 0 unspecified atom stereocenters. The largest absolute Gasteiger partial charge is 0.506 e. The number of aromatic nitrogens is 1. The quantitative estimate of drug-likeness (QED) is 0.793. The van der Waals surface area contributed by atoms with Crippen LogP contribution in [0.5, 0.6) is 5.75 Å². The van der Waals surface area contributed by atoms with Crippen LogP contribution in [0.2, 0.25) is 0 Å². The summed E-state index contributed by atoms with van der Waals surface area (Å²) in [6.45, 7) is 10.2. The maximum atomic E-state index is 11.6. The monoisotopic (exact) mass is 281 g/mol. The fourth-order valence-electron chi connectivity index (χ4n) is 1.31. The predicted octanol–water partition coefficient (Wildman–Crippen LogP) is 2.91. The molecule has 0 aromatic carbocycles. The first-order chi connectivity index (χ1) is 8.69. The molecule has 0 bridgehead atoms. The number of amides is 1. The molecule has 0 fully saturated rings. The summed E-state index contributed by atoms with van der Waals surface area (Å²) in [5, 5.41) is 15.7. The number of carbonyl (C=O) groups is 1. The van der Waals surface area contributed by atoms with E-state index in [-0.39, 0.29) is 30.5 Å². The van der Waals surface area contributed by atoms with Crippen LogP contribution in [0.25, 0.3) is 0 Å². The fraction of sp³-hybridized carbons (Fsp3) is 0.600. The van der Waals surface area contributed by atoms with Gasteiger partial charge >= 0.3 is 0 Å². The minimum Gasteiger partial charge on any atom is -0.506 e. The van der Waals surface area contributed by atoms with Crippen LogP contribution in [-0.4, -0.2) is 21.5 Å². The Hall–Kier alpha value is -1.62. The first kappa shape index (κ1) is 18.4. The Morgan fingerprint density at radius 1 is 1.35 bits per heavy atom. The lowest BCUT2D eigenvalue weighted by molar-refractivity contribution is -0.118. The smallest absolute Gasteiger partial charge is 0.228 e. The van der Waals surface area contributed by atoms with Gasteiger partial charge in [-0.2, -0.15) is 0 Å².